The van der Waals surface area contributed by atoms with E-state index in [-0.39, 0.29) is 5.91 Å². The summed E-state index contributed by atoms with van der Waals surface area (Å²) in [5, 5.41) is 0. The maximum atomic E-state index is 12.6. The number of amides is 1. The molecular formula is C18H23N3O. The predicted octanol–water partition coefficient (Wildman–Crippen LogP) is 3.24. The Labute approximate surface area is 131 Å². The van der Waals surface area contributed by atoms with E-state index in [0.717, 1.165) is 50.0 Å². The zero-order valence-corrected chi connectivity index (χ0v) is 13.2. The number of imidazole rings is 1. The molecule has 1 unspecified atom stereocenters. The Kier molecular flexibility index (Phi) is 3.40. The van der Waals surface area contributed by atoms with Crippen LogP contribution in [0.1, 0.15) is 48.8 Å². The van der Waals surface area contributed by atoms with Crippen LogP contribution in [0.5, 0.6) is 0 Å². The number of carbonyl (C=O) groups excluding carboxylic acids is 1. The topological polar surface area (TPSA) is 38.1 Å². The smallest absolute Gasteiger partial charge is 0.253 e. The summed E-state index contributed by atoms with van der Waals surface area (Å²) in [5.74, 6) is 2.05. The molecule has 1 atom stereocenters. The zero-order chi connectivity index (χ0) is 15.1. The van der Waals surface area contributed by atoms with Gasteiger partial charge in [0.1, 0.15) is 5.82 Å². The van der Waals surface area contributed by atoms with Gasteiger partial charge in [0.05, 0.1) is 11.0 Å². The fourth-order valence-electron chi connectivity index (χ4n) is 3.76. The van der Waals surface area contributed by atoms with Crippen molar-refractivity contribution in [2.75, 3.05) is 13.1 Å². The van der Waals surface area contributed by atoms with Gasteiger partial charge < -0.3 is 9.47 Å². The average molecular weight is 297 g/mol. The first-order valence-corrected chi connectivity index (χ1v) is 8.51. The molecule has 1 fully saturated rings. The van der Waals surface area contributed by atoms with Crippen molar-refractivity contribution in [3.63, 3.8) is 0 Å². The molecule has 1 saturated heterocycles. The average Bonchev–Trinajstić information content (AvgIpc) is 2.91. The number of rotatable bonds is 1. The van der Waals surface area contributed by atoms with Gasteiger partial charge in [-0.2, -0.15) is 0 Å². The van der Waals surface area contributed by atoms with E-state index in [1.807, 2.05) is 17.0 Å². The standard InChI is InChI=1S/C18H23N3O/c1-13-7-10-21-16-6-5-14(12-15(16)19-17(21)11-13)18(22)20-8-3-2-4-9-20/h5-6,12-13H,2-4,7-11H2,1H3. The second-order valence-electron chi connectivity index (χ2n) is 6.83. The minimum atomic E-state index is 0.168. The maximum Gasteiger partial charge on any atom is 0.253 e. The van der Waals surface area contributed by atoms with Crippen LogP contribution in [-0.2, 0) is 13.0 Å². The van der Waals surface area contributed by atoms with Crippen LogP contribution < -0.4 is 0 Å². The van der Waals surface area contributed by atoms with E-state index in [4.69, 9.17) is 4.98 Å². The van der Waals surface area contributed by atoms with Gasteiger partial charge in [-0.1, -0.05) is 6.92 Å². The quantitative estimate of drug-likeness (QED) is 0.810. The molecule has 4 nitrogen and oxygen atoms in total. The van der Waals surface area contributed by atoms with Crippen LogP contribution in [0.4, 0.5) is 0 Å². The molecule has 2 aliphatic heterocycles. The highest BCUT2D eigenvalue weighted by Crippen LogP contribution is 2.26. The molecule has 1 aromatic carbocycles. The fourth-order valence-corrected chi connectivity index (χ4v) is 3.76. The first-order valence-electron chi connectivity index (χ1n) is 8.51. The molecule has 0 saturated carbocycles. The molecule has 2 aliphatic rings. The molecule has 4 rings (SSSR count). The van der Waals surface area contributed by atoms with Gasteiger partial charge in [-0.3, -0.25) is 4.79 Å². The number of nitrogens with zero attached hydrogens (tertiary/aromatic N) is 3. The molecule has 0 radical (unpaired) electrons. The lowest BCUT2D eigenvalue weighted by Crippen LogP contribution is -2.35. The predicted molar refractivity (Wildman–Crippen MR) is 87.0 cm³/mol. The summed E-state index contributed by atoms with van der Waals surface area (Å²) < 4.78 is 2.32. The van der Waals surface area contributed by atoms with Crippen LogP contribution >= 0.6 is 0 Å². The third-order valence-corrected chi connectivity index (χ3v) is 5.09. The first kappa shape index (κ1) is 13.8. The van der Waals surface area contributed by atoms with Crippen molar-refractivity contribution in [2.24, 2.45) is 5.92 Å². The normalized spacial score (nSPS) is 21.9. The third-order valence-electron chi connectivity index (χ3n) is 5.09. The molecule has 0 N–H and O–H groups in total. The maximum absolute atomic E-state index is 12.6. The minimum Gasteiger partial charge on any atom is -0.339 e. The van der Waals surface area contributed by atoms with Crippen molar-refractivity contribution < 1.29 is 4.79 Å². The van der Waals surface area contributed by atoms with Crippen molar-refractivity contribution in [3.8, 4) is 0 Å². The van der Waals surface area contributed by atoms with Crippen molar-refractivity contribution >= 4 is 16.9 Å². The van der Waals surface area contributed by atoms with Gasteiger partial charge in [0.25, 0.3) is 5.91 Å². The van der Waals surface area contributed by atoms with E-state index >= 15 is 0 Å². The van der Waals surface area contributed by atoms with Crippen LogP contribution in [0.25, 0.3) is 11.0 Å². The number of hydrogen-bond acceptors (Lipinski definition) is 2. The second-order valence-corrected chi connectivity index (χ2v) is 6.83. The highest BCUT2D eigenvalue weighted by atomic mass is 16.2. The molecular weight excluding hydrogens is 274 g/mol. The number of benzene rings is 1. The molecule has 0 aliphatic carbocycles. The lowest BCUT2D eigenvalue weighted by atomic mass is 10.0. The molecule has 0 bridgehead atoms. The number of fused-ring (bicyclic) bond motifs is 3. The van der Waals surface area contributed by atoms with Crippen molar-refractivity contribution in [2.45, 2.75) is 45.6 Å². The summed E-state index contributed by atoms with van der Waals surface area (Å²) in [6.45, 7) is 5.13. The zero-order valence-electron chi connectivity index (χ0n) is 13.2. The summed E-state index contributed by atoms with van der Waals surface area (Å²) in [4.78, 5) is 19.4. The van der Waals surface area contributed by atoms with Gasteiger partial charge >= 0.3 is 0 Å². The molecule has 3 heterocycles. The molecule has 1 amide bonds. The van der Waals surface area contributed by atoms with Crippen molar-refractivity contribution in [1.29, 1.82) is 0 Å². The van der Waals surface area contributed by atoms with Crippen LogP contribution in [0.3, 0.4) is 0 Å². The lowest BCUT2D eigenvalue weighted by Gasteiger charge is -2.26. The Morgan fingerprint density at radius 3 is 2.82 bits per heavy atom. The monoisotopic (exact) mass is 297 g/mol. The van der Waals surface area contributed by atoms with Gasteiger partial charge in [-0.15, -0.1) is 0 Å². The van der Waals surface area contributed by atoms with E-state index in [0.29, 0.717) is 5.92 Å². The second kappa shape index (κ2) is 5.41. The van der Waals surface area contributed by atoms with Crippen molar-refractivity contribution in [3.05, 3.63) is 29.6 Å². The number of likely N-dealkylation sites (tertiary alicyclic amines) is 1. The Balaban J connectivity index is 1.67. The Morgan fingerprint density at radius 2 is 2.00 bits per heavy atom. The van der Waals surface area contributed by atoms with Gasteiger partial charge in [-0.25, -0.2) is 4.98 Å². The SMILES string of the molecule is CC1CCn2c(nc3cc(C(=O)N4CCCCC4)ccc32)C1. The largest absolute Gasteiger partial charge is 0.339 e. The van der Waals surface area contributed by atoms with Gasteiger partial charge in [0.15, 0.2) is 0 Å². The summed E-state index contributed by atoms with van der Waals surface area (Å²) in [5.41, 5.74) is 2.95. The Hall–Kier alpha value is -1.84. The number of aromatic nitrogens is 2. The number of piperidine rings is 1. The van der Waals surface area contributed by atoms with Gasteiger partial charge in [-0.05, 0) is 49.8 Å². The summed E-state index contributed by atoms with van der Waals surface area (Å²) in [7, 11) is 0. The van der Waals surface area contributed by atoms with Crippen LogP contribution in [0, 0.1) is 5.92 Å². The van der Waals surface area contributed by atoms with E-state index < -0.39 is 0 Å². The van der Waals surface area contributed by atoms with Crippen LogP contribution in [0.15, 0.2) is 18.2 Å². The van der Waals surface area contributed by atoms with Crippen molar-refractivity contribution in [1.82, 2.24) is 14.5 Å². The van der Waals surface area contributed by atoms with E-state index in [9.17, 15) is 4.79 Å². The minimum absolute atomic E-state index is 0.168. The van der Waals surface area contributed by atoms with Crippen LogP contribution in [-0.4, -0.2) is 33.4 Å². The Morgan fingerprint density at radius 1 is 1.18 bits per heavy atom. The highest BCUT2D eigenvalue weighted by Gasteiger charge is 2.22. The first-order chi connectivity index (χ1) is 10.7. The molecule has 22 heavy (non-hydrogen) atoms. The summed E-state index contributed by atoms with van der Waals surface area (Å²) in [6.07, 6.45) is 5.76. The van der Waals surface area contributed by atoms with E-state index in [1.165, 1.54) is 24.2 Å². The molecule has 0 spiro atoms. The van der Waals surface area contributed by atoms with E-state index in [1.54, 1.807) is 0 Å². The summed E-state index contributed by atoms with van der Waals surface area (Å²) >= 11 is 0. The molecule has 1 aromatic heterocycles. The number of hydrogen-bond donors (Lipinski definition) is 0. The fraction of sp³-hybridized carbons (Fsp3) is 0.556. The third kappa shape index (κ3) is 2.31. The molecule has 2 aromatic rings. The highest BCUT2D eigenvalue weighted by molar-refractivity contribution is 5.97. The van der Waals surface area contributed by atoms with E-state index in [2.05, 4.69) is 17.6 Å². The van der Waals surface area contributed by atoms with Crippen LogP contribution in [0.2, 0.25) is 0 Å². The molecule has 116 valence electrons. The number of carbonyl (C=O) groups is 1. The van der Waals surface area contributed by atoms with Gasteiger partial charge in [0.2, 0.25) is 0 Å². The Bertz CT molecular complexity index is 712. The lowest BCUT2D eigenvalue weighted by molar-refractivity contribution is 0.0724. The number of aryl methyl sites for hydroxylation is 1. The molecule has 4 heteroatoms. The summed E-state index contributed by atoms with van der Waals surface area (Å²) in [6, 6.07) is 6.05. The van der Waals surface area contributed by atoms with Gasteiger partial charge in [0, 0.05) is 31.6 Å².